The SMILES string of the molecule is CCCCc1nc(Cl)c(C(=O)OCOC(=O)OC(C)(C)C)n1Cc1ccc(-c2ccccc2-c2nnnn2C(c2ccccc2)(c2ccccc2)c2ccccc2)cc1. The molecule has 0 bridgehead atoms. The van der Waals surface area contributed by atoms with Crippen LogP contribution in [0.15, 0.2) is 140 Å². The van der Waals surface area contributed by atoms with Gasteiger partial charge in [0, 0.05) is 18.5 Å². The summed E-state index contributed by atoms with van der Waals surface area (Å²) in [7, 11) is 0. The first kappa shape index (κ1) is 40.6. The van der Waals surface area contributed by atoms with Crippen LogP contribution in [0.4, 0.5) is 4.79 Å². The maximum absolute atomic E-state index is 13.4. The maximum Gasteiger partial charge on any atom is 0.511 e. The van der Waals surface area contributed by atoms with Crippen molar-refractivity contribution in [3.05, 3.63) is 178 Å². The molecule has 300 valence electrons. The van der Waals surface area contributed by atoms with E-state index in [1.54, 1.807) is 25.3 Å². The molecule has 0 fully saturated rings. The van der Waals surface area contributed by atoms with Gasteiger partial charge in [-0.1, -0.05) is 164 Å². The molecule has 0 unspecified atom stereocenters. The second-order valence-corrected chi connectivity index (χ2v) is 15.3. The zero-order valence-corrected chi connectivity index (χ0v) is 34.2. The summed E-state index contributed by atoms with van der Waals surface area (Å²) >= 11 is 6.57. The molecule has 12 heteroatoms. The first-order chi connectivity index (χ1) is 28.6. The average molecular weight is 809 g/mol. The van der Waals surface area contributed by atoms with E-state index >= 15 is 0 Å². The van der Waals surface area contributed by atoms with Gasteiger partial charge in [-0.05, 0) is 71.0 Å². The molecule has 0 atom stereocenters. The molecule has 0 saturated heterocycles. The number of rotatable bonds is 14. The Labute approximate surface area is 348 Å². The maximum atomic E-state index is 13.4. The largest absolute Gasteiger partial charge is 0.511 e. The van der Waals surface area contributed by atoms with Gasteiger partial charge in [-0.2, -0.15) is 0 Å². The molecule has 2 heterocycles. The molecule has 0 N–H and O–H groups in total. The molecular formula is C47H45ClN6O5. The number of aryl methyl sites for hydroxylation is 1. The van der Waals surface area contributed by atoms with Crippen LogP contribution >= 0.6 is 11.6 Å². The zero-order valence-electron chi connectivity index (χ0n) is 33.4. The smallest absolute Gasteiger partial charge is 0.428 e. The van der Waals surface area contributed by atoms with E-state index in [1.807, 2.05) is 102 Å². The van der Waals surface area contributed by atoms with Gasteiger partial charge in [0.15, 0.2) is 16.7 Å². The number of hydrogen-bond donors (Lipinski definition) is 0. The Bertz CT molecular complexity index is 2400. The van der Waals surface area contributed by atoms with Crippen LogP contribution in [-0.2, 0) is 32.7 Å². The number of benzene rings is 5. The van der Waals surface area contributed by atoms with E-state index in [0.29, 0.717) is 24.6 Å². The number of esters is 1. The molecule has 59 heavy (non-hydrogen) atoms. The summed E-state index contributed by atoms with van der Waals surface area (Å²) in [4.78, 5) is 29.9. The highest BCUT2D eigenvalue weighted by atomic mass is 35.5. The van der Waals surface area contributed by atoms with Crippen LogP contribution < -0.4 is 0 Å². The third-order valence-corrected chi connectivity index (χ3v) is 10.1. The predicted molar refractivity (Wildman–Crippen MR) is 226 cm³/mol. The number of aromatic nitrogens is 6. The van der Waals surface area contributed by atoms with E-state index in [-0.39, 0.29) is 10.8 Å². The Morgan fingerprint density at radius 2 is 1.27 bits per heavy atom. The van der Waals surface area contributed by atoms with Crippen LogP contribution in [0.3, 0.4) is 0 Å². The van der Waals surface area contributed by atoms with Crippen molar-refractivity contribution in [2.45, 2.75) is 64.6 Å². The zero-order chi connectivity index (χ0) is 41.4. The van der Waals surface area contributed by atoms with E-state index < -0.39 is 30.1 Å². The minimum Gasteiger partial charge on any atom is -0.428 e. The van der Waals surface area contributed by atoms with Crippen molar-refractivity contribution in [1.82, 2.24) is 29.8 Å². The first-order valence-electron chi connectivity index (χ1n) is 19.5. The van der Waals surface area contributed by atoms with Gasteiger partial charge in [0.25, 0.3) is 0 Å². The Morgan fingerprint density at radius 1 is 0.712 bits per heavy atom. The lowest BCUT2D eigenvalue weighted by Gasteiger charge is -2.36. The third kappa shape index (κ3) is 8.80. The Morgan fingerprint density at radius 3 is 1.83 bits per heavy atom. The van der Waals surface area contributed by atoms with Crippen LogP contribution in [0, 0.1) is 0 Å². The molecule has 0 saturated carbocycles. The van der Waals surface area contributed by atoms with Crippen LogP contribution in [0.5, 0.6) is 0 Å². The van der Waals surface area contributed by atoms with Gasteiger partial charge >= 0.3 is 12.1 Å². The van der Waals surface area contributed by atoms with E-state index in [9.17, 15) is 9.59 Å². The number of ether oxygens (including phenoxy) is 3. The highest BCUT2D eigenvalue weighted by molar-refractivity contribution is 6.32. The normalized spacial score (nSPS) is 11.6. The van der Waals surface area contributed by atoms with E-state index in [0.717, 1.165) is 51.8 Å². The lowest BCUT2D eigenvalue weighted by atomic mass is 9.77. The molecule has 0 aliphatic rings. The molecular weight excluding hydrogens is 764 g/mol. The van der Waals surface area contributed by atoms with Crippen molar-refractivity contribution in [2.24, 2.45) is 0 Å². The molecule has 0 aliphatic heterocycles. The summed E-state index contributed by atoms with van der Waals surface area (Å²) in [6, 6.07) is 47.1. The van der Waals surface area contributed by atoms with Gasteiger partial charge in [-0.15, -0.1) is 5.10 Å². The summed E-state index contributed by atoms with van der Waals surface area (Å²) in [5.74, 6) is 0.472. The molecule has 0 radical (unpaired) electrons. The summed E-state index contributed by atoms with van der Waals surface area (Å²) in [6.45, 7) is 6.87. The first-order valence-corrected chi connectivity index (χ1v) is 19.9. The molecule has 7 aromatic rings. The Hall–Kier alpha value is -6.59. The highest BCUT2D eigenvalue weighted by Gasteiger charge is 2.42. The van der Waals surface area contributed by atoms with Crippen LogP contribution in [0.25, 0.3) is 22.5 Å². The second kappa shape index (κ2) is 17.9. The average Bonchev–Trinajstić information content (AvgIpc) is 3.85. The van der Waals surface area contributed by atoms with Crippen LogP contribution in [0.1, 0.15) is 79.1 Å². The van der Waals surface area contributed by atoms with Crippen molar-refractivity contribution in [3.8, 4) is 22.5 Å². The number of carbonyl (C=O) groups excluding carboxylic acids is 2. The lowest BCUT2D eigenvalue weighted by Crippen LogP contribution is -2.39. The molecule has 0 aliphatic carbocycles. The van der Waals surface area contributed by atoms with Gasteiger partial charge in [-0.25, -0.2) is 19.3 Å². The number of hydrogen-bond acceptors (Lipinski definition) is 9. The van der Waals surface area contributed by atoms with Crippen molar-refractivity contribution in [2.75, 3.05) is 6.79 Å². The molecule has 0 amide bonds. The minimum absolute atomic E-state index is 0.0132. The summed E-state index contributed by atoms with van der Waals surface area (Å²) in [5.41, 5.74) is 5.03. The summed E-state index contributed by atoms with van der Waals surface area (Å²) < 4.78 is 19.1. The number of unbranched alkanes of at least 4 members (excludes halogenated alkanes) is 1. The molecule has 2 aromatic heterocycles. The Balaban J connectivity index is 1.23. The highest BCUT2D eigenvalue weighted by Crippen LogP contribution is 2.43. The van der Waals surface area contributed by atoms with E-state index in [4.69, 9.17) is 36.1 Å². The van der Waals surface area contributed by atoms with Crippen molar-refractivity contribution >= 4 is 23.7 Å². The van der Waals surface area contributed by atoms with Crippen molar-refractivity contribution in [3.63, 3.8) is 0 Å². The number of carbonyl (C=O) groups is 2. The van der Waals surface area contributed by atoms with E-state index in [2.05, 4.69) is 59.6 Å². The molecule has 7 rings (SSSR count). The van der Waals surface area contributed by atoms with Gasteiger partial charge in [-0.3, -0.25) is 0 Å². The fourth-order valence-electron chi connectivity index (χ4n) is 7.22. The van der Waals surface area contributed by atoms with Crippen LogP contribution in [0.2, 0.25) is 5.15 Å². The molecule has 0 spiro atoms. The molecule has 11 nitrogen and oxygen atoms in total. The van der Waals surface area contributed by atoms with Gasteiger partial charge < -0.3 is 18.8 Å². The summed E-state index contributed by atoms with van der Waals surface area (Å²) in [5, 5.41) is 13.8. The Kier molecular flexibility index (Phi) is 12.3. The summed E-state index contributed by atoms with van der Waals surface area (Å²) in [6.07, 6.45) is 1.43. The number of imidazole rings is 1. The fourth-order valence-corrected chi connectivity index (χ4v) is 7.50. The fraction of sp³-hybridized carbons (Fsp3) is 0.234. The number of nitrogens with zero attached hydrogens (tertiary/aromatic N) is 6. The standard InChI is InChI=1S/C47H45ClN6O5/c1-5-6-26-40-49-42(48)41(44(55)57-32-58-45(56)59-46(2,3)4)53(40)31-33-27-29-34(30-28-33)38-24-16-17-25-39(38)43-50-51-52-54(43)47(35-18-10-7-11-19-35,36-20-12-8-13-21-36)37-22-14-9-15-23-37/h7-25,27-30H,5-6,26,31-32H2,1-4H3. The van der Waals surface area contributed by atoms with E-state index in [1.165, 1.54) is 0 Å². The topological polar surface area (TPSA) is 123 Å². The van der Waals surface area contributed by atoms with Gasteiger partial charge in [0.05, 0.1) is 0 Å². The second-order valence-electron chi connectivity index (χ2n) is 15.0. The van der Waals surface area contributed by atoms with Crippen molar-refractivity contribution in [1.29, 1.82) is 0 Å². The third-order valence-electron chi connectivity index (χ3n) is 9.84. The van der Waals surface area contributed by atoms with Gasteiger partial charge in [0.2, 0.25) is 6.79 Å². The predicted octanol–water partition coefficient (Wildman–Crippen LogP) is 10.2. The van der Waals surface area contributed by atoms with Gasteiger partial charge in [0.1, 0.15) is 17.0 Å². The van der Waals surface area contributed by atoms with Crippen LogP contribution in [-0.4, -0.2) is 54.3 Å². The lowest BCUT2D eigenvalue weighted by molar-refractivity contribution is -0.0527. The number of tetrazole rings is 1. The van der Waals surface area contributed by atoms with Crippen molar-refractivity contribution < 1.29 is 23.8 Å². The number of halogens is 1. The quantitative estimate of drug-likeness (QED) is 0.0600. The monoisotopic (exact) mass is 808 g/mol. The molecule has 5 aromatic carbocycles. The minimum atomic E-state index is -0.949.